The Labute approximate surface area is 264 Å². The molecular weight excluding hydrogens is 603 g/mol. The average molecular weight is 645 g/mol. The number of aromatic nitrogens is 1. The first-order chi connectivity index (χ1) is 21.9. The second-order valence-electron chi connectivity index (χ2n) is 13.4. The minimum atomic E-state index is -1.81. The smallest absolute Gasteiger partial charge is 0.257 e. The summed E-state index contributed by atoms with van der Waals surface area (Å²) in [4.78, 5) is 56.2. The number of amides is 2. The van der Waals surface area contributed by atoms with Gasteiger partial charge in [-0.25, -0.2) is 4.39 Å². The van der Waals surface area contributed by atoms with Crippen LogP contribution in [-0.4, -0.2) is 111 Å². The summed E-state index contributed by atoms with van der Waals surface area (Å²) < 4.78 is 23.0. The minimum absolute atomic E-state index is 0.0106. The van der Waals surface area contributed by atoms with Gasteiger partial charge in [0.25, 0.3) is 5.91 Å². The summed E-state index contributed by atoms with van der Waals surface area (Å²) in [6.45, 7) is 6.30. The number of anilines is 1. The molecule has 14 heteroatoms. The van der Waals surface area contributed by atoms with E-state index in [1.54, 1.807) is 14.4 Å². The standard InChI is InChI=1S/C32H41FN4O9/c1-14-7-22(15(14)2)37-10-19(31(44)34-25-30(43)29(42)24(13-39)46-32(25)45)28(41)18-8-21(33)27(20(12-38)26(18)37)35-9-17-5-4-6-36(16(3)40)23(17)11-35/h8,10,12,14-15,17,22-25,29-30,32,39,42-43,45H,4-7,9,11,13H2,1-3H3,(H,34,44)/t14-,15-,17?,22?,23?,24?,25?,29-,30?,32+/m0/s1. The highest BCUT2D eigenvalue weighted by Gasteiger charge is 2.46. The monoisotopic (exact) mass is 644 g/mol. The predicted molar refractivity (Wildman–Crippen MR) is 163 cm³/mol. The lowest BCUT2D eigenvalue weighted by atomic mass is 9.71. The van der Waals surface area contributed by atoms with Crippen LogP contribution in [0.3, 0.4) is 0 Å². The number of piperidine rings is 1. The molecule has 0 bridgehead atoms. The minimum Gasteiger partial charge on any atom is -0.394 e. The fourth-order valence-electron chi connectivity index (χ4n) is 7.96. The van der Waals surface area contributed by atoms with Gasteiger partial charge in [-0.3, -0.25) is 19.2 Å². The zero-order valence-electron chi connectivity index (χ0n) is 26.0. The van der Waals surface area contributed by atoms with Crippen molar-refractivity contribution in [3.8, 4) is 0 Å². The number of fused-ring (bicyclic) bond motifs is 2. The molecule has 1 saturated carbocycles. The Balaban J connectivity index is 1.44. The number of aliphatic hydroxyl groups excluding tert-OH is 4. The van der Waals surface area contributed by atoms with Crippen molar-refractivity contribution in [2.75, 3.05) is 31.1 Å². The molecule has 1 aromatic heterocycles. The number of benzene rings is 1. The molecule has 4 fully saturated rings. The molecule has 3 aliphatic heterocycles. The van der Waals surface area contributed by atoms with Crippen LogP contribution in [0.25, 0.3) is 10.9 Å². The molecule has 0 radical (unpaired) electrons. The number of aliphatic hydroxyl groups is 4. The van der Waals surface area contributed by atoms with Crippen LogP contribution in [-0.2, 0) is 9.53 Å². The largest absolute Gasteiger partial charge is 0.394 e. The third kappa shape index (κ3) is 5.20. The molecule has 4 heterocycles. The summed E-state index contributed by atoms with van der Waals surface area (Å²) in [5.74, 6) is -1.36. The lowest BCUT2D eigenvalue weighted by Crippen LogP contribution is -2.64. The summed E-state index contributed by atoms with van der Waals surface area (Å²) in [6.07, 6.45) is -2.22. The first-order valence-electron chi connectivity index (χ1n) is 15.9. The van der Waals surface area contributed by atoms with Gasteiger partial charge in [-0.1, -0.05) is 13.8 Å². The first-order valence-corrected chi connectivity index (χ1v) is 15.9. The normalized spacial score (nSPS) is 34.3. The van der Waals surface area contributed by atoms with Gasteiger partial charge in [0.1, 0.15) is 35.7 Å². The van der Waals surface area contributed by atoms with E-state index >= 15 is 4.39 Å². The number of ether oxygens (including phenoxy) is 1. The molecule has 2 aromatic rings. The highest BCUT2D eigenvalue weighted by molar-refractivity contribution is 6.05. The number of pyridine rings is 1. The summed E-state index contributed by atoms with van der Waals surface area (Å²) in [6, 6.07) is -0.845. The van der Waals surface area contributed by atoms with Gasteiger partial charge in [-0.2, -0.15) is 0 Å². The van der Waals surface area contributed by atoms with Crippen LogP contribution in [0.15, 0.2) is 17.1 Å². The summed E-state index contributed by atoms with van der Waals surface area (Å²) in [5, 5.41) is 42.8. The summed E-state index contributed by atoms with van der Waals surface area (Å²) in [7, 11) is 0. The quantitative estimate of drug-likeness (QED) is 0.272. The van der Waals surface area contributed by atoms with Crippen molar-refractivity contribution in [1.29, 1.82) is 0 Å². The highest BCUT2D eigenvalue weighted by Crippen LogP contribution is 2.46. The number of hydrogen-bond donors (Lipinski definition) is 5. The van der Waals surface area contributed by atoms with Crippen molar-refractivity contribution >= 4 is 34.7 Å². The summed E-state index contributed by atoms with van der Waals surface area (Å²) in [5.41, 5.74) is -1.01. The van der Waals surface area contributed by atoms with Gasteiger partial charge in [0, 0.05) is 38.8 Å². The maximum Gasteiger partial charge on any atom is 0.257 e. The van der Waals surface area contributed by atoms with E-state index in [1.807, 2.05) is 6.92 Å². The number of carbonyl (C=O) groups excluding carboxylic acids is 3. The molecule has 6 unspecified atom stereocenters. The molecule has 6 rings (SSSR count). The Morgan fingerprint density at radius 2 is 1.89 bits per heavy atom. The predicted octanol–water partition coefficient (Wildman–Crippen LogP) is 0.147. The van der Waals surface area contributed by atoms with Gasteiger partial charge in [0.2, 0.25) is 11.3 Å². The van der Waals surface area contributed by atoms with E-state index in [9.17, 15) is 39.6 Å². The molecule has 3 saturated heterocycles. The second-order valence-corrected chi connectivity index (χ2v) is 13.4. The third-order valence-corrected chi connectivity index (χ3v) is 10.8. The Morgan fingerprint density at radius 3 is 2.52 bits per heavy atom. The Hall–Kier alpha value is -3.43. The van der Waals surface area contributed by atoms with E-state index in [0.29, 0.717) is 38.3 Å². The zero-order valence-corrected chi connectivity index (χ0v) is 26.0. The second kappa shape index (κ2) is 12.3. The molecule has 0 spiro atoms. The number of aldehydes is 1. The van der Waals surface area contributed by atoms with Gasteiger partial charge in [0.05, 0.1) is 34.8 Å². The number of hydrogen-bond acceptors (Lipinski definition) is 10. The van der Waals surface area contributed by atoms with Crippen molar-refractivity contribution < 1.29 is 43.9 Å². The van der Waals surface area contributed by atoms with Gasteiger partial charge in [-0.05, 0) is 43.1 Å². The van der Waals surface area contributed by atoms with E-state index in [2.05, 4.69) is 12.2 Å². The van der Waals surface area contributed by atoms with Gasteiger partial charge in [0.15, 0.2) is 12.6 Å². The summed E-state index contributed by atoms with van der Waals surface area (Å²) >= 11 is 0. The van der Waals surface area contributed by atoms with Crippen LogP contribution in [0.2, 0.25) is 0 Å². The number of halogens is 1. The molecule has 10 atom stereocenters. The van der Waals surface area contributed by atoms with E-state index in [4.69, 9.17) is 4.74 Å². The molecule has 4 aliphatic rings. The zero-order chi connectivity index (χ0) is 33.2. The molecule has 2 amide bonds. The Morgan fingerprint density at radius 1 is 1.15 bits per heavy atom. The SMILES string of the molecule is CC(=O)N1CCCC2CN(c3c(F)cc4c(=O)c(C(=O)NC5C(O)[C@@H](O)C(CO)O[C@H]5O)cn(C5C[C@H](C)[C@@H]5C)c4c3C=O)CC21. The first kappa shape index (κ1) is 32.5. The van der Waals surface area contributed by atoms with Crippen molar-refractivity contribution in [3.05, 3.63) is 39.4 Å². The number of likely N-dealkylation sites (tertiary alicyclic amines) is 1. The van der Waals surface area contributed by atoms with Crippen molar-refractivity contribution in [3.63, 3.8) is 0 Å². The van der Waals surface area contributed by atoms with E-state index in [-0.39, 0.29) is 52.0 Å². The molecule has 1 aromatic carbocycles. The maximum absolute atomic E-state index is 16.2. The Kier molecular flexibility index (Phi) is 8.70. The fraction of sp³-hybridized carbons (Fsp3) is 0.625. The topological polar surface area (TPSA) is 182 Å². The highest BCUT2D eigenvalue weighted by atomic mass is 19.1. The van der Waals surface area contributed by atoms with Crippen LogP contribution >= 0.6 is 0 Å². The lowest BCUT2D eigenvalue weighted by molar-refractivity contribution is -0.252. The van der Waals surface area contributed by atoms with Crippen molar-refractivity contribution in [1.82, 2.24) is 14.8 Å². The molecule has 46 heavy (non-hydrogen) atoms. The number of rotatable bonds is 6. The number of nitrogens with zero attached hydrogens (tertiary/aromatic N) is 3. The van der Waals surface area contributed by atoms with E-state index < -0.39 is 60.0 Å². The number of carbonyl (C=O) groups is 3. The van der Waals surface area contributed by atoms with Gasteiger partial charge >= 0.3 is 0 Å². The number of nitrogens with one attached hydrogen (secondary N) is 1. The molecular formula is C32H41FN4O9. The Bertz CT molecular complexity index is 1620. The van der Waals surface area contributed by atoms with E-state index in [1.165, 1.54) is 13.1 Å². The van der Waals surface area contributed by atoms with Crippen LogP contribution in [0, 0.1) is 23.6 Å². The molecule has 5 N–H and O–H groups in total. The van der Waals surface area contributed by atoms with Crippen molar-refractivity contribution in [2.24, 2.45) is 17.8 Å². The molecule has 13 nitrogen and oxygen atoms in total. The lowest BCUT2D eigenvalue weighted by Gasteiger charge is -2.43. The van der Waals surface area contributed by atoms with Crippen LogP contribution < -0.4 is 15.6 Å². The maximum atomic E-state index is 16.2. The van der Waals surface area contributed by atoms with Crippen LogP contribution in [0.4, 0.5) is 10.1 Å². The van der Waals surface area contributed by atoms with E-state index in [0.717, 1.165) is 18.9 Å². The van der Waals surface area contributed by atoms with Crippen LogP contribution in [0.1, 0.15) is 66.8 Å². The van der Waals surface area contributed by atoms with Crippen LogP contribution in [0.5, 0.6) is 0 Å². The third-order valence-electron chi connectivity index (χ3n) is 10.8. The van der Waals surface area contributed by atoms with Gasteiger partial charge < -0.3 is 44.8 Å². The molecule has 1 aliphatic carbocycles. The van der Waals surface area contributed by atoms with Gasteiger partial charge in [-0.15, -0.1) is 0 Å². The average Bonchev–Trinajstić information content (AvgIpc) is 3.47. The molecule has 250 valence electrons. The fourth-order valence-corrected chi connectivity index (χ4v) is 7.96. The van der Waals surface area contributed by atoms with Crippen molar-refractivity contribution in [2.45, 2.75) is 82.8 Å².